The van der Waals surface area contributed by atoms with Crippen molar-refractivity contribution in [3.8, 4) is 0 Å². The van der Waals surface area contributed by atoms with Gasteiger partial charge >= 0.3 is 0 Å². The third kappa shape index (κ3) is 4.98. The molecule has 8 nitrogen and oxygen atoms in total. The molecule has 0 aromatic heterocycles. The van der Waals surface area contributed by atoms with Crippen molar-refractivity contribution in [1.29, 1.82) is 0 Å². The van der Waals surface area contributed by atoms with E-state index in [1.54, 1.807) is 30.3 Å². The number of benzene rings is 3. The first kappa shape index (κ1) is 23.9. The molecule has 0 spiro atoms. The molecule has 1 amide bonds. The topological polar surface area (TPSA) is 104 Å². The van der Waals surface area contributed by atoms with Gasteiger partial charge in [-0.1, -0.05) is 30.3 Å². The molecule has 0 fully saturated rings. The monoisotopic (exact) mass is 499 g/mol. The van der Waals surface area contributed by atoms with Crippen molar-refractivity contribution in [1.82, 2.24) is 4.31 Å². The van der Waals surface area contributed by atoms with E-state index in [1.807, 2.05) is 30.3 Å². The Morgan fingerprint density at radius 1 is 0.971 bits per heavy atom. The summed E-state index contributed by atoms with van der Waals surface area (Å²) < 4.78 is 52.2. The molecule has 3 aromatic carbocycles. The lowest BCUT2D eigenvalue weighted by atomic mass is 10.1. The van der Waals surface area contributed by atoms with Crippen molar-refractivity contribution in [2.24, 2.45) is 0 Å². The van der Waals surface area contributed by atoms with Crippen LogP contribution in [0.15, 0.2) is 77.7 Å². The standard InChI is InChI=1S/C24H25N3O5S2/c1-26(17-18-6-4-3-5-7-18)34(31,32)22-11-9-21(10-12-22)25-24(28)20-8-13-23-19(16-20)14-15-27(23)33(2,29)30/h3-13,16H,14-15,17H2,1-2H3,(H,25,28). The van der Waals surface area contributed by atoms with Crippen LogP contribution in [0.1, 0.15) is 21.5 Å². The van der Waals surface area contributed by atoms with Crippen LogP contribution in [0.4, 0.5) is 11.4 Å². The Hall–Kier alpha value is -3.21. The number of carbonyl (C=O) groups is 1. The van der Waals surface area contributed by atoms with Gasteiger partial charge in [-0.2, -0.15) is 4.31 Å². The number of fused-ring (bicyclic) bond motifs is 1. The first-order valence-corrected chi connectivity index (χ1v) is 13.9. The van der Waals surface area contributed by atoms with Crippen LogP contribution in [0.3, 0.4) is 0 Å². The summed E-state index contributed by atoms with van der Waals surface area (Å²) in [5.74, 6) is -0.364. The molecule has 0 radical (unpaired) electrons. The first-order valence-electron chi connectivity index (χ1n) is 10.6. The van der Waals surface area contributed by atoms with Gasteiger partial charge in [0.15, 0.2) is 0 Å². The summed E-state index contributed by atoms with van der Waals surface area (Å²) in [6, 6.07) is 20.2. The quantitative estimate of drug-likeness (QED) is 0.538. The molecule has 1 heterocycles. The van der Waals surface area contributed by atoms with Crippen molar-refractivity contribution in [2.45, 2.75) is 17.9 Å². The van der Waals surface area contributed by atoms with Crippen molar-refractivity contribution >= 4 is 37.3 Å². The normalized spacial score (nSPS) is 13.7. The zero-order valence-electron chi connectivity index (χ0n) is 18.8. The Balaban J connectivity index is 1.45. The molecule has 0 saturated heterocycles. The molecule has 1 aliphatic heterocycles. The molecular formula is C24H25N3O5S2. The molecule has 34 heavy (non-hydrogen) atoms. The highest BCUT2D eigenvalue weighted by molar-refractivity contribution is 7.92. The van der Waals surface area contributed by atoms with Crippen LogP contribution in [-0.2, 0) is 33.0 Å². The summed E-state index contributed by atoms with van der Waals surface area (Å²) in [6.07, 6.45) is 1.69. The predicted molar refractivity (Wildman–Crippen MR) is 132 cm³/mol. The van der Waals surface area contributed by atoms with Gasteiger partial charge in [0, 0.05) is 31.4 Å². The van der Waals surface area contributed by atoms with Crippen LogP contribution in [0.5, 0.6) is 0 Å². The zero-order chi connectivity index (χ0) is 24.5. The number of nitrogens with one attached hydrogen (secondary N) is 1. The van der Waals surface area contributed by atoms with Gasteiger partial charge in [-0.25, -0.2) is 16.8 Å². The highest BCUT2D eigenvalue weighted by Crippen LogP contribution is 2.31. The largest absolute Gasteiger partial charge is 0.322 e. The van der Waals surface area contributed by atoms with Crippen molar-refractivity contribution in [2.75, 3.05) is 29.5 Å². The van der Waals surface area contributed by atoms with Gasteiger partial charge in [0.1, 0.15) is 0 Å². The maximum absolute atomic E-state index is 12.9. The number of hydrogen-bond acceptors (Lipinski definition) is 5. The second-order valence-corrected chi connectivity index (χ2v) is 12.1. The van der Waals surface area contributed by atoms with Gasteiger partial charge in [0.2, 0.25) is 20.0 Å². The highest BCUT2D eigenvalue weighted by Gasteiger charge is 2.27. The van der Waals surface area contributed by atoms with E-state index in [1.165, 1.54) is 27.8 Å². The Morgan fingerprint density at radius 3 is 2.29 bits per heavy atom. The number of anilines is 2. The van der Waals surface area contributed by atoms with Crippen molar-refractivity contribution < 1.29 is 21.6 Å². The van der Waals surface area contributed by atoms with Crippen LogP contribution >= 0.6 is 0 Å². The molecule has 0 aliphatic carbocycles. The van der Waals surface area contributed by atoms with Gasteiger partial charge in [0.25, 0.3) is 5.91 Å². The minimum absolute atomic E-state index is 0.127. The highest BCUT2D eigenvalue weighted by atomic mass is 32.2. The van der Waals surface area contributed by atoms with E-state index in [2.05, 4.69) is 5.32 Å². The lowest BCUT2D eigenvalue weighted by Gasteiger charge is -2.17. The van der Waals surface area contributed by atoms with Crippen LogP contribution < -0.4 is 9.62 Å². The minimum atomic E-state index is -3.69. The van der Waals surface area contributed by atoms with E-state index in [-0.39, 0.29) is 17.3 Å². The Morgan fingerprint density at radius 2 is 1.65 bits per heavy atom. The number of hydrogen-bond donors (Lipinski definition) is 1. The maximum Gasteiger partial charge on any atom is 0.255 e. The minimum Gasteiger partial charge on any atom is -0.322 e. The summed E-state index contributed by atoms with van der Waals surface area (Å²) in [5, 5.41) is 2.76. The third-order valence-electron chi connectivity index (χ3n) is 5.66. The van der Waals surface area contributed by atoms with Crippen LogP contribution in [-0.4, -0.2) is 46.9 Å². The summed E-state index contributed by atoms with van der Waals surface area (Å²) >= 11 is 0. The van der Waals surface area contributed by atoms with E-state index in [0.717, 1.165) is 17.4 Å². The SMILES string of the molecule is CN(Cc1ccccc1)S(=O)(=O)c1ccc(NC(=O)c2ccc3c(c2)CCN3S(C)(=O)=O)cc1. The lowest BCUT2D eigenvalue weighted by molar-refractivity contribution is 0.102. The first-order chi connectivity index (χ1) is 16.1. The number of amides is 1. The van der Waals surface area contributed by atoms with Gasteiger partial charge in [0.05, 0.1) is 16.8 Å². The molecular weight excluding hydrogens is 474 g/mol. The predicted octanol–water partition coefficient (Wildman–Crippen LogP) is 3.08. The fraction of sp³-hybridized carbons (Fsp3) is 0.208. The number of sulfonamides is 2. The molecule has 1 aliphatic rings. The second-order valence-electron chi connectivity index (χ2n) is 8.15. The van der Waals surface area contributed by atoms with Crippen LogP contribution in [0.2, 0.25) is 0 Å². The van der Waals surface area contributed by atoms with Gasteiger partial charge in [-0.3, -0.25) is 9.10 Å². The van der Waals surface area contributed by atoms with E-state index in [9.17, 15) is 21.6 Å². The van der Waals surface area contributed by atoms with E-state index >= 15 is 0 Å². The van der Waals surface area contributed by atoms with E-state index < -0.39 is 20.0 Å². The molecule has 178 valence electrons. The molecule has 0 saturated carbocycles. The van der Waals surface area contributed by atoms with Crippen molar-refractivity contribution in [3.63, 3.8) is 0 Å². The second kappa shape index (κ2) is 9.21. The van der Waals surface area contributed by atoms with Crippen molar-refractivity contribution in [3.05, 3.63) is 89.5 Å². The average Bonchev–Trinajstić information content (AvgIpc) is 3.24. The van der Waals surface area contributed by atoms with Gasteiger partial charge < -0.3 is 5.32 Å². The fourth-order valence-electron chi connectivity index (χ4n) is 3.88. The zero-order valence-corrected chi connectivity index (χ0v) is 20.4. The Labute approximate surface area is 199 Å². The lowest BCUT2D eigenvalue weighted by Crippen LogP contribution is -2.27. The molecule has 0 atom stereocenters. The average molecular weight is 500 g/mol. The van der Waals surface area contributed by atoms with Gasteiger partial charge in [-0.15, -0.1) is 0 Å². The molecule has 0 unspecified atom stereocenters. The molecule has 0 bridgehead atoms. The van der Waals surface area contributed by atoms with E-state index in [4.69, 9.17) is 0 Å². The molecule has 3 aromatic rings. The summed E-state index contributed by atoms with van der Waals surface area (Å²) in [4.78, 5) is 12.8. The maximum atomic E-state index is 12.9. The number of carbonyl (C=O) groups excluding carboxylic acids is 1. The number of rotatable bonds is 7. The fourth-order valence-corrected chi connectivity index (χ4v) is 5.99. The Bertz CT molecular complexity index is 1420. The summed E-state index contributed by atoms with van der Waals surface area (Å²) in [7, 11) is -5.52. The summed E-state index contributed by atoms with van der Waals surface area (Å²) in [5.41, 5.74) is 3.11. The van der Waals surface area contributed by atoms with Crippen LogP contribution in [0, 0.1) is 0 Å². The summed E-state index contributed by atoms with van der Waals surface area (Å²) in [6.45, 7) is 0.602. The number of nitrogens with zero attached hydrogens (tertiary/aromatic N) is 2. The van der Waals surface area contributed by atoms with Crippen LogP contribution in [0.25, 0.3) is 0 Å². The third-order valence-corrected chi connectivity index (χ3v) is 8.66. The molecule has 4 rings (SSSR count). The van der Waals surface area contributed by atoms with Gasteiger partial charge in [-0.05, 0) is 60.0 Å². The van der Waals surface area contributed by atoms with E-state index in [0.29, 0.717) is 29.9 Å². The smallest absolute Gasteiger partial charge is 0.255 e. The molecule has 10 heteroatoms. The molecule has 1 N–H and O–H groups in total. The Kier molecular flexibility index (Phi) is 6.48.